The Labute approximate surface area is 150 Å². The molecule has 2 N–H and O–H groups in total. The maximum absolute atomic E-state index is 5.18. The zero-order chi connectivity index (χ0) is 17.9. The second kappa shape index (κ2) is 10.4. The van der Waals surface area contributed by atoms with E-state index in [1.807, 2.05) is 30.1 Å². The third-order valence-corrected chi connectivity index (χ3v) is 3.86. The van der Waals surface area contributed by atoms with Crippen molar-refractivity contribution in [1.82, 2.24) is 20.4 Å². The molecule has 0 saturated carbocycles. The molecule has 6 heteroatoms. The van der Waals surface area contributed by atoms with Crippen molar-refractivity contribution < 1.29 is 4.74 Å². The minimum absolute atomic E-state index is 0.798. The van der Waals surface area contributed by atoms with Crippen molar-refractivity contribution in [3.05, 3.63) is 47.8 Å². The highest BCUT2D eigenvalue weighted by Gasteiger charge is 2.00. The lowest BCUT2D eigenvalue weighted by Crippen LogP contribution is -2.38. The van der Waals surface area contributed by atoms with E-state index in [4.69, 9.17) is 4.74 Å². The van der Waals surface area contributed by atoms with E-state index in [9.17, 15) is 0 Å². The fraction of sp³-hybridized carbons (Fsp3) is 0.474. The van der Waals surface area contributed by atoms with Crippen molar-refractivity contribution in [3.8, 4) is 5.75 Å². The highest BCUT2D eigenvalue weighted by Crippen LogP contribution is 2.11. The van der Waals surface area contributed by atoms with Crippen LogP contribution in [0.5, 0.6) is 5.75 Å². The first-order valence-electron chi connectivity index (χ1n) is 8.84. The highest BCUT2D eigenvalue weighted by atomic mass is 16.5. The Morgan fingerprint density at radius 3 is 2.60 bits per heavy atom. The normalized spacial score (nSPS) is 11.4. The number of aromatic nitrogens is 2. The molecule has 2 rings (SSSR count). The van der Waals surface area contributed by atoms with Gasteiger partial charge in [0.15, 0.2) is 5.96 Å². The maximum atomic E-state index is 5.18. The van der Waals surface area contributed by atoms with Crippen LogP contribution in [0.25, 0.3) is 0 Å². The van der Waals surface area contributed by atoms with E-state index in [-0.39, 0.29) is 0 Å². The molecule has 0 unspecified atom stereocenters. The van der Waals surface area contributed by atoms with Gasteiger partial charge < -0.3 is 15.4 Å². The minimum atomic E-state index is 0.798. The Hall–Kier alpha value is -2.50. The van der Waals surface area contributed by atoms with E-state index >= 15 is 0 Å². The first kappa shape index (κ1) is 18.8. The summed E-state index contributed by atoms with van der Waals surface area (Å²) in [6.07, 6.45) is 6.94. The molecule has 0 amide bonds. The number of hydrogen-bond acceptors (Lipinski definition) is 3. The largest absolute Gasteiger partial charge is 0.497 e. The molecule has 0 saturated heterocycles. The minimum Gasteiger partial charge on any atom is -0.497 e. The van der Waals surface area contributed by atoms with E-state index in [1.54, 1.807) is 7.11 Å². The summed E-state index contributed by atoms with van der Waals surface area (Å²) in [4.78, 5) is 4.64. The maximum Gasteiger partial charge on any atom is 0.191 e. The molecule has 1 heterocycles. The van der Waals surface area contributed by atoms with E-state index in [0.717, 1.165) is 50.6 Å². The van der Waals surface area contributed by atoms with Crippen LogP contribution in [0.3, 0.4) is 0 Å². The first-order chi connectivity index (χ1) is 12.2. The molecule has 6 nitrogen and oxygen atoms in total. The third-order valence-electron chi connectivity index (χ3n) is 3.86. The second-order valence-electron chi connectivity index (χ2n) is 5.91. The molecule has 0 aliphatic carbocycles. The number of nitrogens with zero attached hydrogens (tertiary/aromatic N) is 3. The number of rotatable bonds is 9. The van der Waals surface area contributed by atoms with Gasteiger partial charge >= 0.3 is 0 Å². The number of guanidine groups is 1. The summed E-state index contributed by atoms with van der Waals surface area (Å²) >= 11 is 0. The summed E-state index contributed by atoms with van der Waals surface area (Å²) in [5, 5.41) is 10.9. The van der Waals surface area contributed by atoms with Crippen LogP contribution in [0, 0.1) is 0 Å². The number of nitrogens with one attached hydrogen (secondary N) is 2. The van der Waals surface area contributed by atoms with Crippen LogP contribution in [0.1, 0.15) is 24.5 Å². The predicted molar refractivity (Wildman–Crippen MR) is 102 cm³/mol. The number of aryl methyl sites for hydroxylation is 2. The van der Waals surface area contributed by atoms with Gasteiger partial charge in [-0.3, -0.25) is 9.67 Å². The van der Waals surface area contributed by atoms with Gasteiger partial charge in [-0.05, 0) is 49.4 Å². The lowest BCUT2D eigenvalue weighted by atomic mass is 10.1. The van der Waals surface area contributed by atoms with Crippen LogP contribution in [0.2, 0.25) is 0 Å². The summed E-state index contributed by atoms with van der Waals surface area (Å²) in [6, 6.07) is 8.18. The zero-order valence-corrected chi connectivity index (χ0v) is 15.5. The van der Waals surface area contributed by atoms with Gasteiger partial charge in [0.1, 0.15) is 5.75 Å². The predicted octanol–water partition coefficient (Wildman–Crippen LogP) is 2.16. The first-order valence-corrected chi connectivity index (χ1v) is 8.84. The number of hydrogen-bond donors (Lipinski definition) is 2. The molecule has 0 bridgehead atoms. The molecule has 0 fully saturated rings. The smallest absolute Gasteiger partial charge is 0.191 e. The summed E-state index contributed by atoms with van der Waals surface area (Å²) in [7, 11) is 3.63. The van der Waals surface area contributed by atoms with E-state index in [2.05, 4.69) is 46.0 Å². The zero-order valence-electron chi connectivity index (χ0n) is 15.5. The molecule has 1 aromatic carbocycles. The Bertz CT molecular complexity index is 648. The lowest BCUT2D eigenvalue weighted by molar-refractivity contribution is 0.414. The number of aliphatic imine (C=N–C) groups is 1. The molecule has 0 aliphatic heterocycles. The van der Waals surface area contributed by atoms with Gasteiger partial charge in [-0.2, -0.15) is 5.10 Å². The van der Waals surface area contributed by atoms with E-state index in [0.29, 0.717) is 0 Å². The molecular formula is C19H29N5O. The summed E-state index contributed by atoms with van der Waals surface area (Å²) in [5.41, 5.74) is 2.54. The van der Waals surface area contributed by atoms with Crippen molar-refractivity contribution in [2.45, 2.75) is 26.2 Å². The average molecular weight is 343 g/mol. The van der Waals surface area contributed by atoms with Crippen LogP contribution in [0.4, 0.5) is 0 Å². The Morgan fingerprint density at radius 1 is 1.16 bits per heavy atom. The lowest BCUT2D eigenvalue weighted by Gasteiger charge is -2.11. The molecule has 0 aliphatic rings. The quantitative estimate of drug-likeness (QED) is 0.416. The molecule has 25 heavy (non-hydrogen) atoms. The molecule has 0 radical (unpaired) electrons. The molecule has 0 spiro atoms. The van der Waals surface area contributed by atoms with Crippen LogP contribution in [-0.4, -0.2) is 42.5 Å². The van der Waals surface area contributed by atoms with Crippen molar-refractivity contribution in [3.63, 3.8) is 0 Å². The Balaban J connectivity index is 1.72. The number of methoxy groups -OCH3 is 1. The molecule has 136 valence electrons. The van der Waals surface area contributed by atoms with Crippen molar-refractivity contribution in [2.75, 3.05) is 26.7 Å². The molecular weight excluding hydrogens is 314 g/mol. The van der Waals surface area contributed by atoms with Crippen molar-refractivity contribution >= 4 is 5.96 Å². The van der Waals surface area contributed by atoms with E-state index < -0.39 is 0 Å². The van der Waals surface area contributed by atoms with Crippen LogP contribution in [-0.2, 0) is 19.9 Å². The van der Waals surface area contributed by atoms with Gasteiger partial charge in [-0.1, -0.05) is 12.1 Å². The summed E-state index contributed by atoms with van der Waals surface area (Å²) in [5.74, 6) is 1.77. The number of ether oxygens (including phenoxy) is 1. The van der Waals surface area contributed by atoms with Crippen molar-refractivity contribution in [1.29, 1.82) is 0 Å². The fourth-order valence-corrected chi connectivity index (χ4v) is 2.53. The van der Waals surface area contributed by atoms with Gasteiger partial charge in [-0.25, -0.2) is 0 Å². The van der Waals surface area contributed by atoms with Gasteiger partial charge in [0, 0.05) is 32.9 Å². The molecule has 0 atom stereocenters. The molecule has 2 aromatic rings. The SMILES string of the molecule is CCNC(=NCCCc1cnn(C)c1)NCCc1ccc(OC)cc1. The van der Waals surface area contributed by atoms with Gasteiger partial charge in [0.2, 0.25) is 0 Å². The Kier molecular flexibility index (Phi) is 7.82. The number of benzene rings is 1. The van der Waals surface area contributed by atoms with Crippen LogP contribution < -0.4 is 15.4 Å². The summed E-state index contributed by atoms with van der Waals surface area (Å²) in [6.45, 7) is 4.58. The fourth-order valence-electron chi connectivity index (χ4n) is 2.53. The van der Waals surface area contributed by atoms with Gasteiger partial charge in [0.25, 0.3) is 0 Å². The van der Waals surface area contributed by atoms with Crippen molar-refractivity contribution in [2.24, 2.45) is 12.0 Å². The van der Waals surface area contributed by atoms with Gasteiger partial charge in [0.05, 0.1) is 13.3 Å². The highest BCUT2D eigenvalue weighted by molar-refractivity contribution is 5.79. The van der Waals surface area contributed by atoms with Gasteiger partial charge in [-0.15, -0.1) is 0 Å². The summed E-state index contributed by atoms with van der Waals surface area (Å²) < 4.78 is 7.02. The monoisotopic (exact) mass is 343 g/mol. The standard InChI is InChI=1S/C19H29N5O/c1-4-20-19(21-12-5-6-17-14-23-24(2)15-17)22-13-11-16-7-9-18(25-3)10-8-16/h7-10,14-15H,4-6,11-13H2,1-3H3,(H2,20,21,22). The second-order valence-corrected chi connectivity index (χ2v) is 5.91. The van der Waals surface area contributed by atoms with Crippen LogP contribution >= 0.6 is 0 Å². The average Bonchev–Trinajstić information content (AvgIpc) is 3.04. The third kappa shape index (κ3) is 6.87. The van der Waals surface area contributed by atoms with Crippen LogP contribution in [0.15, 0.2) is 41.7 Å². The molecule has 1 aromatic heterocycles. The Morgan fingerprint density at radius 2 is 1.96 bits per heavy atom. The topological polar surface area (TPSA) is 63.5 Å². The van der Waals surface area contributed by atoms with E-state index in [1.165, 1.54) is 11.1 Å².